The van der Waals surface area contributed by atoms with Gasteiger partial charge in [-0.25, -0.2) is 6.14 Å². The lowest BCUT2D eigenvalue weighted by Gasteiger charge is -2.08. The molecule has 20 heavy (non-hydrogen) atoms. The summed E-state index contributed by atoms with van der Waals surface area (Å²) in [7, 11) is -4.04. The number of hydrogen-bond acceptors (Lipinski definition) is 5. The van der Waals surface area contributed by atoms with Gasteiger partial charge < -0.3 is 4.18 Å². The Labute approximate surface area is 123 Å². The molecule has 0 unspecified atom stereocenters. The van der Waals surface area contributed by atoms with Crippen molar-refractivity contribution in [1.82, 2.24) is 0 Å². The number of benzene rings is 2. The van der Waals surface area contributed by atoms with Crippen LogP contribution in [0.5, 0.6) is 5.75 Å². The van der Waals surface area contributed by atoms with Gasteiger partial charge in [0.2, 0.25) is 0 Å². The smallest absolute Gasteiger partial charge is 0.344 e. The van der Waals surface area contributed by atoms with Gasteiger partial charge in [-0.15, -0.1) is 0 Å². The summed E-state index contributed by atoms with van der Waals surface area (Å²) in [5.41, 5.74) is 0.914. The van der Waals surface area contributed by atoms with Crippen molar-refractivity contribution in [3.05, 3.63) is 57.7 Å². The Balaban J connectivity index is 2.41. The fraction of sp³-hybridized carbons (Fsp3) is 0.0769. The fourth-order valence-electron chi connectivity index (χ4n) is 1.51. The molecule has 0 saturated heterocycles. The number of hydrogen-bond donors (Lipinski definition) is 0. The van der Waals surface area contributed by atoms with Crippen LogP contribution in [0.2, 0.25) is 0 Å². The summed E-state index contributed by atoms with van der Waals surface area (Å²) in [6.45, 7) is 1.83. The van der Waals surface area contributed by atoms with Gasteiger partial charge in [-0.3, -0.25) is 0 Å². The molecular weight excluding hydrogens is 395 g/mol. The van der Waals surface area contributed by atoms with Crippen LogP contribution in [0.3, 0.4) is 0 Å². The van der Waals surface area contributed by atoms with Crippen LogP contribution in [-0.2, 0) is 16.3 Å². The SMILES string of the molecule is Cc1ccc(S(=O)(=O)Oc2ccccc2I(=O)=O)cc1. The Morgan fingerprint density at radius 1 is 0.950 bits per heavy atom. The Kier molecular flexibility index (Phi) is 4.39. The summed E-state index contributed by atoms with van der Waals surface area (Å²) in [4.78, 5) is -0.0185. The lowest BCUT2D eigenvalue weighted by atomic mass is 10.2. The van der Waals surface area contributed by atoms with Gasteiger partial charge in [-0.2, -0.15) is 8.42 Å². The van der Waals surface area contributed by atoms with E-state index < -0.39 is 29.9 Å². The van der Waals surface area contributed by atoms with Gasteiger partial charge in [0.05, 0.1) is 0 Å². The topological polar surface area (TPSA) is 77.5 Å². The minimum absolute atomic E-state index is 0.0185. The summed E-state index contributed by atoms with van der Waals surface area (Å²) in [5, 5.41) is 0. The molecule has 0 aliphatic carbocycles. The molecule has 2 rings (SSSR count). The van der Waals surface area contributed by atoms with E-state index in [0.717, 1.165) is 5.56 Å². The summed E-state index contributed by atoms with van der Waals surface area (Å²) in [6.07, 6.45) is 0. The molecule has 106 valence electrons. The molecule has 0 bridgehead atoms. The monoisotopic (exact) mass is 406 g/mol. The normalized spacial score (nSPS) is 11.5. The lowest BCUT2D eigenvalue weighted by molar-refractivity contribution is 0.484. The Bertz CT molecular complexity index is 784. The van der Waals surface area contributed by atoms with E-state index in [1.165, 1.54) is 36.4 Å². The molecule has 0 spiro atoms. The van der Waals surface area contributed by atoms with E-state index in [-0.39, 0.29) is 14.2 Å². The fourth-order valence-corrected chi connectivity index (χ4v) is 3.83. The zero-order chi connectivity index (χ0) is 14.8. The summed E-state index contributed by atoms with van der Waals surface area (Å²) in [5.74, 6) is -0.164. The third-order valence-electron chi connectivity index (χ3n) is 2.51. The predicted octanol–water partition coefficient (Wildman–Crippen LogP) is 3.13. The quantitative estimate of drug-likeness (QED) is 0.576. The summed E-state index contributed by atoms with van der Waals surface area (Å²) in [6, 6.07) is 11.8. The third kappa shape index (κ3) is 3.34. The highest BCUT2D eigenvalue weighted by atomic mass is 127. The summed E-state index contributed by atoms with van der Waals surface area (Å²) < 4.78 is 51.3. The molecular formula is C13H11IO5S. The van der Waals surface area contributed by atoms with E-state index in [9.17, 15) is 14.6 Å². The Hall–Kier alpha value is -1.48. The predicted molar refractivity (Wildman–Crippen MR) is 79.5 cm³/mol. The lowest BCUT2D eigenvalue weighted by Crippen LogP contribution is -2.10. The van der Waals surface area contributed by atoms with Crippen LogP contribution in [0.4, 0.5) is 0 Å². The first-order valence-electron chi connectivity index (χ1n) is 5.55. The van der Waals surface area contributed by atoms with Crippen LogP contribution in [0.25, 0.3) is 0 Å². The molecule has 7 heteroatoms. The zero-order valence-corrected chi connectivity index (χ0v) is 13.4. The van der Waals surface area contributed by atoms with Crippen LogP contribution in [-0.4, -0.2) is 8.42 Å². The van der Waals surface area contributed by atoms with E-state index in [1.54, 1.807) is 12.1 Å². The van der Waals surface area contributed by atoms with E-state index in [1.807, 2.05) is 6.92 Å². The molecule has 0 aliphatic heterocycles. The maximum Gasteiger partial charge on any atom is 0.344 e. The van der Waals surface area contributed by atoms with Crippen molar-refractivity contribution in [1.29, 1.82) is 0 Å². The molecule has 0 aliphatic rings. The van der Waals surface area contributed by atoms with Crippen molar-refractivity contribution >= 4 is 29.9 Å². The second-order valence-electron chi connectivity index (χ2n) is 4.00. The van der Waals surface area contributed by atoms with E-state index in [2.05, 4.69) is 0 Å². The molecule has 5 nitrogen and oxygen atoms in total. The van der Waals surface area contributed by atoms with Crippen molar-refractivity contribution in [3.63, 3.8) is 0 Å². The average molecular weight is 406 g/mol. The van der Waals surface area contributed by atoms with Gasteiger partial charge in [0.25, 0.3) is 0 Å². The van der Waals surface area contributed by atoms with Crippen molar-refractivity contribution in [2.75, 3.05) is 0 Å². The molecule has 0 fully saturated rings. The van der Waals surface area contributed by atoms with Crippen molar-refractivity contribution < 1.29 is 18.7 Å². The number of aryl methyl sites for hydroxylation is 1. The molecule has 0 atom stereocenters. The van der Waals surface area contributed by atoms with Crippen LogP contribution in [0.1, 0.15) is 5.56 Å². The average Bonchev–Trinajstić information content (AvgIpc) is 2.39. The first kappa shape index (κ1) is 14.9. The second kappa shape index (κ2) is 5.88. The highest BCUT2D eigenvalue weighted by molar-refractivity contribution is 14.2. The van der Waals surface area contributed by atoms with Gasteiger partial charge >= 0.3 is 29.9 Å². The molecule has 2 aromatic rings. The minimum atomic E-state index is -4.04. The highest BCUT2D eigenvalue weighted by Crippen LogP contribution is 2.29. The summed E-state index contributed by atoms with van der Waals surface area (Å²) >= 11 is -3.82. The van der Waals surface area contributed by atoms with Gasteiger partial charge in [-0.1, -0.05) is 29.8 Å². The van der Waals surface area contributed by atoms with Gasteiger partial charge in [-0.05, 0) is 31.2 Å². The van der Waals surface area contributed by atoms with Crippen molar-refractivity contribution in [3.8, 4) is 5.75 Å². The first-order chi connectivity index (χ1) is 9.40. The van der Waals surface area contributed by atoms with Crippen LogP contribution in [0, 0.1) is 10.5 Å². The van der Waals surface area contributed by atoms with Crippen LogP contribution in [0.15, 0.2) is 53.4 Å². The van der Waals surface area contributed by atoms with E-state index in [4.69, 9.17) is 4.18 Å². The molecule has 0 radical (unpaired) electrons. The minimum Gasteiger partial charge on any atom is -0.378 e. The maximum atomic E-state index is 12.1. The van der Waals surface area contributed by atoms with Crippen molar-refractivity contribution in [2.45, 2.75) is 11.8 Å². The Morgan fingerprint density at radius 3 is 2.15 bits per heavy atom. The van der Waals surface area contributed by atoms with E-state index in [0.29, 0.717) is 0 Å². The zero-order valence-electron chi connectivity index (χ0n) is 10.4. The van der Waals surface area contributed by atoms with Gasteiger partial charge in [0.1, 0.15) is 8.47 Å². The molecule has 2 aromatic carbocycles. The Morgan fingerprint density at radius 2 is 1.55 bits per heavy atom. The number of halogens is 1. The molecule has 0 aromatic heterocycles. The third-order valence-corrected chi connectivity index (χ3v) is 5.60. The standard InChI is InChI=1S/C13H11IO5S/c1-10-6-8-11(9-7-10)20(17,18)19-13-5-3-2-4-12(13)14(15)16/h2-9H,1H3. The van der Waals surface area contributed by atoms with Crippen LogP contribution >= 0.6 is 19.8 Å². The molecule has 0 heterocycles. The van der Waals surface area contributed by atoms with Crippen molar-refractivity contribution in [2.24, 2.45) is 0 Å². The molecule has 0 N–H and O–H groups in total. The van der Waals surface area contributed by atoms with Crippen LogP contribution < -0.4 is 4.18 Å². The van der Waals surface area contributed by atoms with E-state index >= 15 is 0 Å². The van der Waals surface area contributed by atoms with Gasteiger partial charge in [0.15, 0.2) is 5.75 Å². The second-order valence-corrected chi connectivity index (χ2v) is 7.95. The molecule has 0 amide bonds. The maximum absolute atomic E-state index is 12.1. The molecule has 0 saturated carbocycles. The highest BCUT2D eigenvalue weighted by Gasteiger charge is 2.19. The first-order valence-corrected chi connectivity index (χ1v) is 9.80. The number of para-hydroxylation sites is 1. The van der Waals surface area contributed by atoms with Gasteiger partial charge in [0, 0.05) is 0 Å². The number of rotatable bonds is 4. The largest absolute Gasteiger partial charge is 0.378 e.